The van der Waals surface area contributed by atoms with E-state index in [4.69, 9.17) is 15.6 Å². The van der Waals surface area contributed by atoms with Crippen molar-refractivity contribution in [2.75, 3.05) is 12.8 Å². The standard InChI is InChI=1S/C9H14N2O2/c1-6(12)5-7-3-4-8(13-2)9(10)11-7/h3-4,6,12H,5H2,1-2H3,(H2,10,11). The maximum absolute atomic E-state index is 9.11. The fourth-order valence-electron chi connectivity index (χ4n) is 1.09. The molecule has 1 aromatic heterocycles. The number of aliphatic hydroxyl groups excluding tert-OH is 1. The number of pyridine rings is 1. The predicted octanol–water partition coefficient (Wildman–Crippen LogP) is 0.596. The fourth-order valence-corrected chi connectivity index (χ4v) is 1.09. The Morgan fingerprint density at radius 2 is 2.31 bits per heavy atom. The lowest BCUT2D eigenvalue weighted by Gasteiger charge is -2.07. The summed E-state index contributed by atoms with van der Waals surface area (Å²) in [5, 5.41) is 9.11. The van der Waals surface area contributed by atoms with E-state index in [2.05, 4.69) is 4.98 Å². The van der Waals surface area contributed by atoms with E-state index in [-0.39, 0.29) is 0 Å². The van der Waals surface area contributed by atoms with Gasteiger partial charge in [-0.3, -0.25) is 0 Å². The molecule has 1 unspecified atom stereocenters. The van der Waals surface area contributed by atoms with E-state index in [1.54, 1.807) is 26.2 Å². The third kappa shape index (κ3) is 2.59. The zero-order valence-corrected chi connectivity index (χ0v) is 7.82. The summed E-state index contributed by atoms with van der Waals surface area (Å²) in [5.74, 6) is 0.926. The number of nitrogens with two attached hydrogens (primary N) is 1. The third-order valence-corrected chi connectivity index (χ3v) is 1.67. The number of ether oxygens (including phenoxy) is 1. The quantitative estimate of drug-likeness (QED) is 0.718. The van der Waals surface area contributed by atoms with Crippen molar-refractivity contribution in [1.82, 2.24) is 4.98 Å². The molecule has 0 saturated carbocycles. The summed E-state index contributed by atoms with van der Waals surface area (Å²) in [5.41, 5.74) is 6.36. The molecule has 3 N–H and O–H groups in total. The van der Waals surface area contributed by atoms with E-state index in [1.165, 1.54) is 0 Å². The van der Waals surface area contributed by atoms with Gasteiger partial charge in [0.05, 0.1) is 13.2 Å². The molecule has 0 bridgehead atoms. The van der Waals surface area contributed by atoms with Crippen molar-refractivity contribution in [2.45, 2.75) is 19.4 Å². The second-order valence-corrected chi connectivity index (χ2v) is 2.94. The van der Waals surface area contributed by atoms with E-state index >= 15 is 0 Å². The van der Waals surface area contributed by atoms with Gasteiger partial charge in [0, 0.05) is 12.1 Å². The van der Waals surface area contributed by atoms with Crippen molar-refractivity contribution in [2.24, 2.45) is 0 Å². The summed E-state index contributed by atoms with van der Waals surface area (Å²) in [6, 6.07) is 3.54. The Bertz CT molecular complexity index is 287. The molecule has 1 heterocycles. The average molecular weight is 182 g/mol. The number of aliphatic hydroxyl groups is 1. The molecule has 0 aromatic carbocycles. The molecule has 0 spiro atoms. The molecule has 4 heteroatoms. The first-order valence-electron chi connectivity index (χ1n) is 4.11. The van der Waals surface area contributed by atoms with Crippen molar-refractivity contribution >= 4 is 5.82 Å². The van der Waals surface area contributed by atoms with Crippen LogP contribution in [0.5, 0.6) is 5.75 Å². The van der Waals surface area contributed by atoms with Crippen LogP contribution in [0.4, 0.5) is 5.82 Å². The minimum atomic E-state index is -0.403. The van der Waals surface area contributed by atoms with Gasteiger partial charge in [0.15, 0.2) is 11.6 Å². The Morgan fingerprint density at radius 3 is 2.77 bits per heavy atom. The Kier molecular flexibility index (Phi) is 3.08. The summed E-state index contributed by atoms with van der Waals surface area (Å²) in [7, 11) is 1.54. The van der Waals surface area contributed by atoms with Gasteiger partial charge in [-0.2, -0.15) is 0 Å². The Balaban J connectivity index is 2.83. The van der Waals surface area contributed by atoms with Crippen LogP contribution in [0, 0.1) is 0 Å². The summed E-state index contributed by atoms with van der Waals surface area (Å²) < 4.78 is 4.95. The van der Waals surface area contributed by atoms with Gasteiger partial charge in [0.25, 0.3) is 0 Å². The van der Waals surface area contributed by atoms with Gasteiger partial charge in [0.2, 0.25) is 0 Å². The number of rotatable bonds is 3. The van der Waals surface area contributed by atoms with Gasteiger partial charge in [0.1, 0.15) is 0 Å². The molecule has 0 amide bonds. The molecule has 0 aliphatic heterocycles. The molecule has 0 saturated heterocycles. The topological polar surface area (TPSA) is 68.4 Å². The Hall–Kier alpha value is -1.29. The molecule has 1 rings (SSSR count). The minimum absolute atomic E-state index is 0.362. The number of nitrogen functional groups attached to an aromatic ring is 1. The van der Waals surface area contributed by atoms with Crippen LogP contribution in [0.3, 0.4) is 0 Å². The van der Waals surface area contributed by atoms with Crippen molar-refractivity contribution < 1.29 is 9.84 Å². The van der Waals surface area contributed by atoms with Gasteiger partial charge in [-0.05, 0) is 19.1 Å². The number of methoxy groups -OCH3 is 1. The lowest BCUT2D eigenvalue weighted by molar-refractivity contribution is 0.194. The van der Waals surface area contributed by atoms with Gasteiger partial charge in [-0.25, -0.2) is 4.98 Å². The first kappa shape index (κ1) is 9.80. The molecule has 72 valence electrons. The van der Waals surface area contributed by atoms with Crippen molar-refractivity contribution in [3.63, 3.8) is 0 Å². The Morgan fingerprint density at radius 1 is 1.62 bits per heavy atom. The number of hydrogen-bond acceptors (Lipinski definition) is 4. The molecule has 1 aromatic rings. The highest BCUT2D eigenvalue weighted by molar-refractivity contribution is 5.46. The molecule has 0 fully saturated rings. The van der Waals surface area contributed by atoms with Crippen LogP contribution in [0.15, 0.2) is 12.1 Å². The lowest BCUT2D eigenvalue weighted by Crippen LogP contribution is -2.07. The van der Waals surface area contributed by atoms with Gasteiger partial charge in [-0.1, -0.05) is 0 Å². The predicted molar refractivity (Wildman–Crippen MR) is 50.6 cm³/mol. The van der Waals surface area contributed by atoms with Crippen LogP contribution >= 0.6 is 0 Å². The van der Waals surface area contributed by atoms with Gasteiger partial charge in [-0.15, -0.1) is 0 Å². The highest BCUT2D eigenvalue weighted by atomic mass is 16.5. The molecule has 0 radical (unpaired) electrons. The molecule has 1 atom stereocenters. The number of nitrogens with zero attached hydrogens (tertiary/aromatic N) is 1. The summed E-state index contributed by atoms with van der Waals surface area (Å²) in [6.07, 6.45) is 0.106. The number of aromatic nitrogens is 1. The molecule has 0 aliphatic rings. The van der Waals surface area contributed by atoms with Crippen LogP contribution in [0.2, 0.25) is 0 Å². The summed E-state index contributed by atoms with van der Waals surface area (Å²) in [4.78, 5) is 4.08. The van der Waals surface area contributed by atoms with E-state index in [0.29, 0.717) is 18.0 Å². The summed E-state index contributed by atoms with van der Waals surface area (Å²) >= 11 is 0. The van der Waals surface area contributed by atoms with Crippen LogP contribution in [-0.4, -0.2) is 23.3 Å². The van der Waals surface area contributed by atoms with Gasteiger partial charge >= 0.3 is 0 Å². The highest BCUT2D eigenvalue weighted by Crippen LogP contribution is 2.18. The van der Waals surface area contributed by atoms with Crippen LogP contribution in [-0.2, 0) is 6.42 Å². The third-order valence-electron chi connectivity index (χ3n) is 1.67. The maximum atomic E-state index is 9.11. The highest BCUT2D eigenvalue weighted by Gasteiger charge is 2.04. The normalized spacial score (nSPS) is 12.5. The zero-order valence-electron chi connectivity index (χ0n) is 7.82. The van der Waals surface area contributed by atoms with Crippen molar-refractivity contribution in [1.29, 1.82) is 0 Å². The fraction of sp³-hybridized carbons (Fsp3) is 0.444. The average Bonchev–Trinajstić information content (AvgIpc) is 2.03. The van der Waals surface area contributed by atoms with Gasteiger partial charge < -0.3 is 15.6 Å². The molecule has 13 heavy (non-hydrogen) atoms. The maximum Gasteiger partial charge on any atom is 0.166 e. The van der Waals surface area contributed by atoms with E-state index < -0.39 is 6.10 Å². The first-order chi connectivity index (χ1) is 6.13. The monoisotopic (exact) mass is 182 g/mol. The number of hydrogen-bond donors (Lipinski definition) is 2. The van der Waals surface area contributed by atoms with Crippen LogP contribution < -0.4 is 10.5 Å². The molecule has 0 aliphatic carbocycles. The number of anilines is 1. The van der Waals surface area contributed by atoms with Crippen LogP contribution in [0.1, 0.15) is 12.6 Å². The second-order valence-electron chi connectivity index (χ2n) is 2.94. The Labute approximate surface area is 77.4 Å². The van der Waals surface area contributed by atoms with Crippen LogP contribution in [0.25, 0.3) is 0 Å². The molecular weight excluding hydrogens is 168 g/mol. The largest absolute Gasteiger partial charge is 0.493 e. The van der Waals surface area contributed by atoms with E-state index in [1.807, 2.05) is 0 Å². The molecule has 4 nitrogen and oxygen atoms in total. The summed E-state index contributed by atoms with van der Waals surface area (Å²) in [6.45, 7) is 1.71. The second kappa shape index (κ2) is 4.09. The van der Waals surface area contributed by atoms with Crippen molar-refractivity contribution in [3.8, 4) is 5.75 Å². The lowest BCUT2D eigenvalue weighted by atomic mass is 10.2. The zero-order chi connectivity index (χ0) is 9.84. The molecular formula is C9H14N2O2. The first-order valence-corrected chi connectivity index (χ1v) is 4.11. The minimum Gasteiger partial charge on any atom is -0.493 e. The van der Waals surface area contributed by atoms with E-state index in [0.717, 1.165) is 5.69 Å². The smallest absolute Gasteiger partial charge is 0.166 e. The van der Waals surface area contributed by atoms with E-state index in [9.17, 15) is 0 Å². The van der Waals surface area contributed by atoms with Crippen molar-refractivity contribution in [3.05, 3.63) is 17.8 Å². The SMILES string of the molecule is COc1ccc(CC(C)O)nc1N.